The van der Waals surface area contributed by atoms with Crippen LogP contribution in [0.3, 0.4) is 0 Å². The number of carbonyl (C=O) groups is 1. The Morgan fingerprint density at radius 2 is 2.22 bits per heavy atom. The van der Waals surface area contributed by atoms with E-state index in [1.54, 1.807) is 17.0 Å². The van der Waals surface area contributed by atoms with Crippen LogP contribution in [0.4, 0.5) is 10.5 Å². The van der Waals surface area contributed by atoms with Crippen molar-refractivity contribution < 1.29 is 17.9 Å². The average molecular weight is 342 g/mol. The van der Waals surface area contributed by atoms with Gasteiger partial charge in [-0.15, -0.1) is 0 Å². The lowest BCUT2D eigenvalue weighted by molar-refractivity contribution is 0.164. The highest BCUT2D eigenvalue weighted by Crippen LogP contribution is 2.19. The Labute approximate surface area is 136 Å². The number of ether oxygens (including phenoxy) is 1. The summed E-state index contributed by atoms with van der Waals surface area (Å²) in [4.78, 5) is 18.1. The van der Waals surface area contributed by atoms with E-state index in [1.807, 2.05) is 0 Å². The smallest absolute Gasteiger partial charge is 0.322 e. The number of piperidine rings is 1. The van der Waals surface area contributed by atoms with Gasteiger partial charge in [0.15, 0.2) is 0 Å². The summed E-state index contributed by atoms with van der Waals surface area (Å²) in [6.07, 6.45) is 5.29. The molecule has 0 aromatic carbocycles. The molecule has 9 heteroatoms. The molecule has 0 radical (unpaired) electrons. The van der Waals surface area contributed by atoms with Crippen LogP contribution in [0.25, 0.3) is 0 Å². The quantitative estimate of drug-likeness (QED) is 0.832. The second-order valence-electron chi connectivity index (χ2n) is 5.48. The molecule has 2 heterocycles. The maximum atomic E-state index is 12.4. The van der Waals surface area contributed by atoms with Gasteiger partial charge in [0.25, 0.3) is 0 Å². The Morgan fingerprint density at radius 1 is 1.43 bits per heavy atom. The fraction of sp³-hybridized carbons (Fsp3) is 0.571. The van der Waals surface area contributed by atoms with Crippen LogP contribution in [0.1, 0.15) is 19.3 Å². The van der Waals surface area contributed by atoms with Gasteiger partial charge in [0.1, 0.15) is 0 Å². The summed E-state index contributed by atoms with van der Waals surface area (Å²) < 4.78 is 30.0. The molecule has 8 nitrogen and oxygen atoms in total. The Kier molecular flexibility index (Phi) is 5.78. The summed E-state index contributed by atoms with van der Waals surface area (Å²) >= 11 is 0. The SMILES string of the molecule is COc1ccc(NC(=O)N2CCCC[C@@H]2CNS(C)(=O)=O)cn1. The van der Waals surface area contributed by atoms with E-state index in [4.69, 9.17) is 4.74 Å². The van der Waals surface area contributed by atoms with Crippen LogP contribution in [-0.4, -0.2) is 56.8 Å². The van der Waals surface area contributed by atoms with Crippen LogP contribution >= 0.6 is 0 Å². The predicted octanol–water partition coefficient (Wildman–Crippen LogP) is 1.03. The number of anilines is 1. The zero-order valence-electron chi connectivity index (χ0n) is 13.3. The first kappa shape index (κ1) is 17.5. The lowest BCUT2D eigenvalue weighted by Crippen LogP contribution is -2.50. The molecular formula is C14H22N4O4S. The fourth-order valence-electron chi connectivity index (χ4n) is 2.50. The molecule has 1 saturated heterocycles. The van der Waals surface area contributed by atoms with Crippen LogP contribution in [0, 0.1) is 0 Å². The highest BCUT2D eigenvalue weighted by atomic mass is 32.2. The molecule has 0 spiro atoms. The molecule has 1 aliphatic heterocycles. The zero-order chi connectivity index (χ0) is 16.9. The van der Waals surface area contributed by atoms with Crippen molar-refractivity contribution in [2.75, 3.05) is 31.8 Å². The van der Waals surface area contributed by atoms with E-state index >= 15 is 0 Å². The number of rotatable bonds is 5. The van der Waals surface area contributed by atoms with Gasteiger partial charge in [-0.1, -0.05) is 0 Å². The second kappa shape index (κ2) is 7.60. The fourth-order valence-corrected chi connectivity index (χ4v) is 2.99. The summed E-state index contributed by atoms with van der Waals surface area (Å²) in [6.45, 7) is 0.832. The Hall–Kier alpha value is -1.87. The van der Waals surface area contributed by atoms with Crippen molar-refractivity contribution >= 4 is 21.7 Å². The van der Waals surface area contributed by atoms with Gasteiger partial charge < -0.3 is 15.0 Å². The molecule has 0 saturated carbocycles. The second-order valence-corrected chi connectivity index (χ2v) is 7.32. The van der Waals surface area contributed by atoms with E-state index in [0.29, 0.717) is 18.1 Å². The third-order valence-corrected chi connectivity index (χ3v) is 4.36. The third kappa shape index (κ3) is 5.36. The van der Waals surface area contributed by atoms with Crippen LogP contribution in [0.15, 0.2) is 18.3 Å². The number of amides is 2. The first-order valence-corrected chi connectivity index (χ1v) is 9.30. The summed E-state index contributed by atoms with van der Waals surface area (Å²) in [5.74, 6) is 0.469. The molecule has 0 aliphatic carbocycles. The number of hydrogen-bond acceptors (Lipinski definition) is 5. The lowest BCUT2D eigenvalue weighted by Gasteiger charge is -2.35. The molecule has 1 aromatic rings. The van der Waals surface area contributed by atoms with Crippen molar-refractivity contribution in [2.24, 2.45) is 0 Å². The maximum absolute atomic E-state index is 12.4. The van der Waals surface area contributed by atoms with Gasteiger partial charge in [-0.05, 0) is 25.3 Å². The van der Waals surface area contributed by atoms with Gasteiger partial charge in [0, 0.05) is 25.2 Å². The number of pyridine rings is 1. The first-order chi connectivity index (χ1) is 10.9. The number of nitrogens with one attached hydrogen (secondary N) is 2. The number of hydrogen-bond donors (Lipinski definition) is 2. The van der Waals surface area contributed by atoms with E-state index in [1.165, 1.54) is 13.3 Å². The molecule has 1 atom stereocenters. The molecule has 2 amide bonds. The summed E-state index contributed by atoms with van der Waals surface area (Å²) in [7, 11) is -1.75. The topological polar surface area (TPSA) is 101 Å². The lowest BCUT2D eigenvalue weighted by atomic mass is 10.0. The number of urea groups is 1. The number of aromatic nitrogens is 1. The van der Waals surface area contributed by atoms with Gasteiger partial charge in [0.05, 0.1) is 25.2 Å². The van der Waals surface area contributed by atoms with Gasteiger partial charge in [-0.3, -0.25) is 0 Å². The van der Waals surface area contributed by atoms with Crippen molar-refractivity contribution in [3.8, 4) is 5.88 Å². The van der Waals surface area contributed by atoms with Crippen LogP contribution < -0.4 is 14.8 Å². The Bertz CT molecular complexity index is 633. The van der Waals surface area contributed by atoms with Gasteiger partial charge in [-0.25, -0.2) is 22.9 Å². The maximum Gasteiger partial charge on any atom is 0.322 e. The largest absolute Gasteiger partial charge is 0.481 e. The van der Waals surface area contributed by atoms with E-state index < -0.39 is 10.0 Å². The predicted molar refractivity (Wildman–Crippen MR) is 87.0 cm³/mol. The molecule has 0 bridgehead atoms. The highest BCUT2D eigenvalue weighted by Gasteiger charge is 2.27. The number of carbonyl (C=O) groups excluding carboxylic acids is 1. The third-order valence-electron chi connectivity index (χ3n) is 3.67. The number of methoxy groups -OCH3 is 1. The zero-order valence-corrected chi connectivity index (χ0v) is 14.1. The molecule has 23 heavy (non-hydrogen) atoms. The van der Waals surface area contributed by atoms with E-state index in [2.05, 4.69) is 15.0 Å². The van der Waals surface area contributed by atoms with Gasteiger partial charge in [0.2, 0.25) is 15.9 Å². The standard InChI is InChI=1S/C14H22N4O4S/c1-22-13-7-6-11(9-15-13)17-14(19)18-8-4-3-5-12(18)10-16-23(2,20)21/h6-7,9,12,16H,3-5,8,10H2,1-2H3,(H,17,19)/t12-/m1/s1. The van der Waals surface area contributed by atoms with E-state index in [-0.39, 0.29) is 18.6 Å². The minimum absolute atomic E-state index is 0.148. The van der Waals surface area contributed by atoms with Crippen molar-refractivity contribution in [1.29, 1.82) is 0 Å². The Morgan fingerprint density at radius 3 is 2.83 bits per heavy atom. The molecule has 2 rings (SSSR count). The van der Waals surface area contributed by atoms with Crippen molar-refractivity contribution in [3.63, 3.8) is 0 Å². The summed E-state index contributed by atoms with van der Waals surface area (Å²) in [5.41, 5.74) is 0.566. The van der Waals surface area contributed by atoms with Gasteiger partial charge >= 0.3 is 6.03 Å². The first-order valence-electron chi connectivity index (χ1n) is 7.41. The average Bonchev–Trinajstić information content (AvgIpc) is 2.53. The molecule has 1 aromatic heterocycles. The summed E-state index contributed by atoms with van der Waals surface area (Å²) in [6, 6.07) is 2.97. The van der Waals surface area contributed by atoms with Crippen LogP contribution in [0.2, 0.25) is 0 Å². The Balaban J connectivity index is 1.99. The molecule has 1 aliphatic rings. The molecule has 1 fully saturated rings. The van der Waals surface area contributed by atoms with E-state index in [9.17, 15) is 13.2 Å². The number of likely N-dealkylation sites (tertiary alicyclic amines) is 1. The minimum atomic E-state index is -3.27. The normalized spacial score (nSPS) is 18.5. The van der Waals surface area contributed by atoms with Crippen molar-refractivity contribution in [1.82, 2.24) is 14.6 Å². The van der Waals surface area contributed by atoms with Crippen LogP contribution in [0.5, 0.6) is 5.88 Å². The van der Waals surface area contributed by atoms with E-state index in [0.717, 1.165) is 25.5 Å². The molecule has 128 valence electrons. The molecule has 0 unspecified atom stereocenters. The number of sulfonamides is 1. The molecular weight excluding hydrogens is 320 g/mol. The van der Waals surface area contributed by atoms with Crippen molar-refractivity contribution in [2.45, 2.75) is 25.3 Å². The summed E-state index contributed by atoms with van der Waals surface area (Å²) in [5, 5.41) is 2.78. The van der Waals surface area contributed by atoms with Crippen LogP contribution in [-0.2, 0) is 10.0 Å². The highest BCUT2D eigenvalue weighted by molar-refractivity contribution is 7.88. The number of nitrogens with zero attached hydrogens (tertiary/aromatic N) is 2. The minimum Gasteiger partial charge on any atom is -0.481 e. The van der Waals surface area contributed by atoms with Crippen molar-refractivity contribution in [3.05, 3.63) is 18.3 Å². The monoisotopic (exact) mass is 342 g/mol. The molecule has 2 N–H and O–H groups in total. The van der Waals surface area contributed by atoms with Gasteiger partial charge in [-0.2, -0.15) is 0 Å².